The molecule has 0 spiro atoms. The Morgan fingerprint density at radius 3 is 2.18 bits per heavy atom. The second-order valence-electron chi connectivity index (χ2n) is 9.19. The molecule has 1 heterocycles. The Hall–Kier alpha value is -1.72. The standard InChI is InChI=1S/C22H42N4O6S/c1-6-8-20(27)24(4)19(22(29)25(5)18(21(23)28)15-17(2)3)16-33(30,31)14-7-9-26-10-12-32-13-11-26/h17-19H,6-16H2,1-5H3,(H2,23,28)/t18-,19+/m0/s1. The van der Waals surface area contributed by atoms with E-state index in [1.165, 1.54) is 23.9 Å². The van der Waals surface area contributed by atoms with E-state index in [-0.39, 0.29) is 24.0 Å². The number of carbonyl (C=O) groups is 3. The van der Waals surface area contributed by atoms with E-state index < -0.39 is 39.5 Å². The molecule has 0 aromatic rings. The molecular formula is C22H42N4O6S. The van der Waals surface area contributed by atoms with E-state index in [2.05, 4.69) is 4.90 Å². The van der Waals surface area contributed by atoms with Crippen LogP contribution in [0.15, 0.2) is 0 Å². The predicted molar refractivity (Wildman–Crippen MR) is 127 cm³/mol. The topological polar surface area (TPSA) is 130 Å². The highest BCUT2D eigenvalue weighted by atomic mass is 32.2. The number of amides is 3. The van der Waals surface area contributed by atoms with Gasteiger partial charge < -0.3 is 20.3 Å². The van der Waals surface area contributed by atoms with Gasteiger partial charge >= 0.3 is 0 Å². The molecule has 1 rings (SSSR count). The third-order valence-corrected chi connectivity index (χ3v) is 7.63. The number of rotatable bonds is 14. The van der Waals surface area contributed by atoms with Crippen molar-refractivity contribution >= 4 is 27.6 Å². The smallest absolute Gasteiger partial charge is 0.246 e. The van der Waals surface area contributed by atoms with Gasteiger partial charge in [0.15, 0.2) is 9.84 Å². The average Bonchev–Trinajstić information content (AvgIpc) is 2.75. The van der Waals surface area contributed by atoms with E-state index in [0.29, 0.717) is 39.0 Å². The molecule has 0 unspecified atom stereocenters. The van der Waals surface area contributed by atoms with Crippen molar-refractivity contribution in [2.45, 2.75) is 58.5 Å². The van der Waals surface area contributed by atoms with Gasteiger partial charge in [-0.1, -0.05) is 20.8 Å². The minimum atomic E-state index is -3.64. The summed E-state index contributed by atoms with van der Waals surface area (Å²) >= 11 is 0. The van der Waals surface area contributed by atoms with Gasteiger partial charge in [0.2, 0.25) is 17.7 Å². The first-order chi connectivity index (χ1) is 15.4. The second kappa shape index (κ2) is 13.9. The van der Waals surface area contributed by atoms with E-state index in [0.717, 1.165) is 13.1 Å². The quantitative estimate of drug-likeness (QED) is 0.366. The molecule has 11 heteroatoms. The average molecular weight is 491 g/mol. The summed E-state index contributed by atoms with van der Waals surface area (Å²) in [4.78, 5) is 42.5. The molecule has 1 fully saturated rings. The Balaban J connectivity index is 2.98. The second-order valence-corrected chi connectivity index (χ2v) is 11.4. The fourth-order valence-corrected chi connectivity index (χ4v) is 5.45. The maximum Gasteiger partial charge on any atom is 0.246 e. The van der Waals surface area contributed by atoms with Crippen LogP contribution >= 0.6 is 0 Å². The van der Waals surface area contributed by atoms with E-state index in [4.69, 9.17) is 10.5 Å². The summed E-state index contributed by atoms with van der Waals surface area (Å²) < 4.78 is 31.2. The first-order valence-electron chi connectivity index (χ1n) is 11.7. The lowest BCUT2D eigenvalue weighted by atomic mass is 10.0. The number of hydrogen-bond acceptors (Lipinski definition) is 7. The van der Waals surface area contributed by atoms with Crippen LogP contribution in [-0.4, -0.2) is 111 Å². The fraction of sp³-hybridized carbons (Fsp3) is 0.864. The van der Waals surface area contributed by atoms with Crippen molar-refractivity contribution in [1.29, 1.82) is 0 Å². The van der Waals surface area contributed by atoms with Crippen LogP contribution in [0.3, 0.4) is 0 Å². The van der Waals surface area contributed by atoms with Gasteiger partial charge in [0, 0.05) is 33.6 Å². The molecule has 192 valence electrons. The number of morpholine rings is 1. The van der Waals surface area contributed by atoms with Crippen molar-refractivity contribution in [3.63, 3.8) is 0 Å². The third kappa shape index (κ3) is 9.97. The first kappa shape index (κ1) is 29.3. The van der Waals surface area contributed by atoms with Crippen LogP contribution in [0, 0.1) is 5.92 Å². The highest BCUT2D eigenvalue weighted by Gasteiger charge is 2.37. The van der Waals surface area contributed by atoms with Crippen molar-refractivity contribution in [1.82, 2.24) is 14.7 Å². The normalized spacial score (nSPS) is 16.9. The monoisotopic (exact) mass is 490 g/mol. The molecular weight excluding hydrogens is 448 g/mol. The molecule has 1 aliphatic heterocycles. The Bertz CT molecular complexity index is 752. The molecule has 10 nitrogen and oxygen atoms in total. The summed E-state index contributed by atoms with van der Waals surface area (Å²) in [6.45, 7) is 9.08. The lowest BCUT2D eigenvalue weighted by Gasteiger charge is -2.34. The predicted octanol–water partition coefficient (Wildman–Crippen LogP) is 0.109. The van der Waals surface area contributed by atoms with Crippen molar-refractivity contribution in [3.05, 3.63) is 0 Å². The first-order valence-corrected chi connectivity index (χ1v) is 13.5. The number of nitrogens with two attached hydrogens (primary N) is 1. The zero-order chi connectivity index (χ0) is 25.2. The van der Waals surface area contributed by atoms with Gasteiger partial charge in [-0.3, -0.25) is 19.3 Å². The Morgan fingerprint density at radius 2 is 1.67 bits per heavy atom. The van der Waals surface area contributed by atoms with Crippen LogP contribution in [0.4, 0.5) is 0 Å². The number of sulfone groups is 1. The Labute approximate surface area is 198 Å². The lowest BCUT2D eigenvalue weighted by Crippen LogP contribution is -2.56. The van der Waals surface area contributed by atoms with Crippen molar-refractivity contribution in [2.75, 3.05) is 58.4 Å². The van der Waals surface area contributed by atoms with Crippen LogP contribution in [0.1, 0.15) is 46.5 Å². The Kier molecular flexibility index (Phi) is 12.3. The molecule has 1 saturated heterocycles. The van der Waals surface area contributed by atoms with E-state index in [1.54, 1.807) is 0 Å². The molecule has 0 aliphatic carbocycles. The van der Waals surface area contributed by atoms with Crippen molar-refractivity contribution in [2.24, 2.45) is 11.7 Å². The van der Waals surface area contributed by atoms with Crippen LogP contribution in [0.25, 0.3) is 0 Å². The number of nitrogens with zero attached hydrogens (tertiary/aromatic N) is 3. The molecule has 3 amide bonds. The summed E-state index contributed by atoms with van der Waals surface area (Å²) in [7, 11) is -0.754. The van der Waals surface area contributed by atoms with E-state index in [9.17, 15) is 22.8 Å². The summed E-state index contributed by atoms with van der Waals surface area (Å²) in [5.74, 6) is -2.04. The molecule has 0 aromatic heterocycles. The van der Waals surface area contributed by atoms with Crippen LogP contribution in [0.5, 0.6) is 0 Å². The van der Waals surface area contributed by atoms with E-state index >= 15 is 0 Å². The largest absolute Gasteiger partial charge is 0.379 e. The summed E-state index contributed by atoms with van der Waals surface area (Å²) in [5, 5.41) is 0. The number of carbonyl (C=O) groups excluding carboxylic acids is 3. The van der Waals surface area contributed by atoms with Gasteiger partial charge in [0.05, 0.1) is 24.7 Å². The Morgan fingerprint density at radius 1 is 1.06 bits per heavy atom. The molecule has 2 N–H and O–H groups in total. The number of hydrogen-bond donors (Lipinski definition) is 1. The fourth-order valence-electron chi connectivity index (χ4n) is 3.87. The van der Waals surface area contributed by atoms with Crippen molar-refractivity contribution in [3.8, 4) is 0 Å². The summed E-state index contributed by atoms with van der Waals surface area (Å²) in [5.41, 5.74) is 5.53. The number of likely N-dealkylation sites (N-methyl/N-ethyl adjacent to an activating group) is 2. The minimum absolute atomic E-state index is 0.0844. The third-order valence-electron chi connectivity index (χ3n) is 5.89. The number of ether oxygens (including phenoxy) is 1. The molecule has 0 aromatic carbocycles. The molecule has 0 bridgehead atoms. The maximum absolute atomic E-state index is 13.4. The molecule has 0 radical (unpaired) electrons. The zero-order valence-electron chi connectivity index (χ0n) is 20.8. The van der Waals surface area contributed by atoms with Gasteiger partial charge in [-0.15, -0.1) is 0 Å². The van der Waals surface area contributed by atoms with Gasteiger partial charge in [0.1, 0.15) is 12.1 Å². The highest BCUT2D eigenvalue weighted by Crippen LogP contribution is 2.16. The summed E-state index contributed by atoms with van der Waals surface area (Å²) in [6, 6.07) is -2.09. The summed E-state index contributed by atoms with van der Waals surface area (Å²) in [6.07, 6.45) is 1.56. The maximum atomic E-state index is 13.4. The van der Waals surface area contributed by atoms with Crippen LogP contribution in [0.2, 0.25) is 0 Å². The minimum Gasteiger partial charge on any atom is -0.379 e. The molecule has 33 heavy (non-hydrogen) atoms. The number of primary amides is 1. The van der Waals surface area contributed by atoms with Crippen LogP contribution in [-0.2, 0) is 29.0 Å². The molecule has 1 aliphatic rings. The van der Waals surface area contributed by atoms with Gasteiger partial charge in [0.25, 0.3) is 0 Å². The van der Waals surface area contributed by atoms with Gasteiger partial charge in [-0.25, -0.2) is 8.42 Å². The van der Waals surface area contributed by atoms with E-state index in [1.807, 2.05) is 20.8 Å². The molecule has 0 saturated carbocycles. The van der Waals surface area contributed by atoms with Gasteiger partial charge in [-0.2, -0.15) is 0 Å². The SMILES string of the molecule is CCCC(=O)N(C)[C@H](CS(=O)(=O)CCCN1CCOCC1)C(=O)N(C)[C@@H](CC(C)C)C(N)=O. The lowest BCUT2D eigenvalue weighted by molar-refractivity contribution is -0.146. The highest BCUT2D eigenvalue weighted by molar-refractivity contribution is 7.91. The van der Waals surface area contributed by atoms with Crippen molar-refractivity contribution < 1.29 is 27.5 Å². The van der Waals surface area contributed by atoms with Gasteiger partial charge in [-0.05, 0) is 31.7 Å². The zero-order valence-corrected chi connectivity index (χ0v) is 21.6. The molecule has 2 atom stereocenters. The van der Waals surface area contributed by atoms with Crippen LogP contribution < -0.4 is 5.73 Å².